The average Bonchev–Trinajstić information content (AvgIpc) is 2.37. The zero-order valence-electron chi connectivity index (χ0n) is 11.4. The summed E-state index contributed by atoms with van der Waals surface area (Å²) in [6.07, 6.45) is 2.90. The molecule has 0 saturated heterocycles. The first-order chi connectivity index (χ1) is 9.51. The molecule has 1 aliphatic heterocycles. The maximum Gasteiger partial charge on any atom is 0.292 e. The van der Waals surface area contributed by atoms with E-state index < -0.39 is 0 Å². The highest BCUT2D eigenvalue weighted by atomic mass is 32.2. The molecule has 1 aliphatic rings. The topological polar surface area (TPSA) is 84.3 Å². The first-order valence-corrected chi connectivity index (χ1v) is 7.77. The van der Waals surface area contributed by atoms with Crippen molar-refractivity contribution in [3.05, 3.63) is 27.8 Å². The van der Waals surface area contributed by atoms with Crippen molar-refractivity contribution in [3.63, 3.8) is 0 Å². The smallest absolute Gasteiger partial charge is 0.292 e. The lowest BCUT2D eigenvalue weighted by Gasteiger charge is -2.20. The van der Waals surface area contributed by atoms with Crippen molar-refractivity contribution in [2.45, 2.75) is 25.8 Å². The van der Waals surface area contributed by atoms with Crippen molar-refractivity contribution < 1.29 is 9.72 Å². The van der Waals surface area contributed by atoms with Gasteiger partial charge in [-0.15, -0.1) is 0 Å². The molecule has 0 saturated carbocycles. The molecule has 20 heavy (non-hydrogen) atoms. The summed E-state index contributed by atoms with van der Waals surface area (Å²) in [5.74, 6) is 0.801. The number of carbonyl (C=O) groups excluding carboxylic acids is 1. The predicted octanol–water partition coefficient (Wildman–Crippen LogP) is 2.64. The molecule has 2 rings (SSSR count). The Balaban J connectivity index is 2.35. The van der Waals surface area contributed by atoms with Crippen LogP contribution in [0.2, 0.25) is 0 Å². The minimum absolute atomic E-state index is 0.0468. The summed E-state index contributed by atoms with van der Waals surface area (Å²) >= 11 is 1.67. The minimum Gasteiger partial charge on any atom is -0.376 e. The fraction of sp³-hybridized carbons (Fsp3) is 0.462. The van der Waals surface area contributed by atoms with E-state index in [4.69, 9.17) is 0 Å². The molecule has 0 radical (unpaired) electrons. The van der Waals surface area contributed by atoms with Crippen LogP contribution in [0.25, 0.3) is 0 Å². The van der Waals surface area contributed by atoms with Gasteiger partial charge in [-0.1, -0.05) is 0 Å². The number of fused-ring (bicyclic) bond motifs is 1. The highest BCUT2D eigenvalue weighted by Crippen LogP contribution is 2.34. The Morgan fingerprint density at radius 3 is 2.90 bits per heavy atom. The number of nitrogens with zero attached hydrogens (tertiary/aromatic N) is 1. The first kappa shape index (κ1) is 14.6. The summed E-state index contributed by atoms with van der Waals surface area (Å²) in [6.45, 7) is 1.97. The number of anilines is 2. The molecule has 1 amide bonds. The molecule has 108 valence electrons. The number of nitro benzene ring substituents is 1. The van der Waals surface area contributed by atoms with E-state index in [0.29, 0.717) is 24.2 Å². The third kappa shape index (κ3) is 3.22. The average molecular weight is 295 g/mol. The van der Waals surface area contributed by atoms with Crippen LogP contribution in [-0.4, -0.2) is 28.9 Å². The third-order valence-corrected chi connectivity index (χ3v) is 3.97. The lowest BCUT2D eigenvalue weighted by atomic mass is 10.0. The molecular formula is C13H17N3O3S. The maximum atomic E-state index is 11.4. The standard InChI is InChI=1S/C13H17N3O3S/c1-8(7-20-2)14-11-6-10-9(3-4-13(17)15-10)5-12(11)16(18)19/h5-6,8,14H,3-4,7H2,1-2H3,(H,15,17). The molecule has 7 heteroatoms. The fourth-order valence-corrected chi connectivity index (χ4v) is 2.82. The van der Waals surface area contributed by atoms with E-state index in [1.54, 1.807) is 23.9 Å². The number of benzene rings is 1. The van der Waals surface area contributed by atoms with Crippen LogP contribution in [0, 0.1) is 10.1 Å². The van der Waals surface area contributed by atoms with Crippen molar-refractivity contribution in [1.82, 2.24) is 0 Å². The monoisotopic (exact) mass is 295 g/mol. The molecule has 0 bridgehead atoms. The second-order valence-corrected chi connectivity index (χ2v) is 5.74. The van der Waals surface area contributed by atoms with E-state index in [9.17, 15) is 14.9 Å². The first-order valence-electron chi connectivity index (χ1n) is 6.38. The molecule has 2 N–H and O–H groups in total. The van der Waals surface area contributed by atoms with Crippen LogP contribution < -0.4 is 10.6 Å². The van der Waals surface area contributed by atoms with Gasteiger partial charge in [0.1, 0.15) is 5.69 Å². The second-order valence-electron chi connectivity index (χ2n) is 4.83. The van der Waals surface area contributed by atoms with E-state index in [-0.39, 0.29) is 22.6 Å². The molecule has 0 spiro atoms. The minimum atomic E-state index is -0.384. The Morgan fingerprint density at radius 2 is 2.25 bits per heavy atom. The summed E-state index contributed by atoms with van der Waals surface area (Å²) in [5, 5.41) is 17.1. The van der Waals surface area contributed by atoms with Crippen molar-refractivity contribution >= 4 is 34.7 Å². The van der Waals surface area contributed by atoms with E-state index in [1.807, 2.05) is 13.2 Å². The number of rotatable bonds is 5. The normalized spacial score (nSPS) is 15.2. The largest absolute Gasteiger partial charge is 0.376 e. The van der Waals surface area contributed by atoms with Crippen molar-refractivity contribution in [3.8, 4) is 0 Å². The van der Waals surface area contributed by atoms with Crippen molar-refractivity contribution in [1.29, 1.82) is 0 Å². The number of hydrogen-bond acceptors (Lipinski definition) is 5. The molecular weight excluding hydrogens is 278 g/mol. The highest BCUT2D eigenvalue weighted by molar-refractivity contribution is 7.98. The van der Waals surface area contributed by atoms with Crippen LogP contribution in [0.4, 0.5) is 17.1 Å². The van der Waals surface area contributed by atoms with Gasteiger partial charge < -0.3 is 10.6 Å². The van der Waals surface area contributed by atoms with Crippen LogP contribution >= 0.6 is 11.8 Å². The van der Waals surface area contributed by atoms with Crippen molar-refractivity contribution in [2.24, 2.45) is 0 Å². The number of amides is 1. The van der Waals surface area contributed by atoms with Gasteiger partial charge in [0.25, 0.3) is 5.69 Å². The molecule has 1 aromatic carbocycles. The summed E-state index contributed by atoms with van der Waals surface area (Å²) in [5.41, 5.74) is 2.01. The molecule has 6 nitrogen and oxygen atoms in total. The molecule has 1 unspecified atom stereocenters. The fourth-order valence-electron chi connectivity index (χ4n) is 2.24. The van der Waals surface area contributed by atoms with E-state index in [1.165, 1.54) is 0 Å². The number of carbonyl (C=O) groups is 1. The van der Waals surface area contributed by atoms with Crippen LogP contribution in [0.15, 0.2) is 12.1 Å². The molecule has 0 aliphatic carbocycles. The summed E-state index contributed by atoms with van der Waals surface area (Å²) in [6, 6.07) is 3.34. The Bertz CT molecular complexity index is 548. The van der Waals surface area contributed by atoms with Gasteiger partial charge in [-0.2, -0.15) is 11.8 Å². The SMILES string of the molecule is CSCC(C)Nc1cc2c(cc1[N+](=O)[O-])CCC(=O)N2. The number of aryl methyl sites for hydroxylation is 1. The van der Waals surface area contributed by atoms with Gasteiger partial charge >= 0.3 is 0 Å². The van der Waals surface area contributed by atoms with Crippen molar-refractivity contribution in [2.75, 3.05) is 22.6 Å². The van der Waals surface area contributed by atoms with Gasteiger partial charge in [-0.3, -0.25) is 14.9 Å². The van der Waals surface area contributed by atoms with E-state index in [2.05, 4.69) is 10.6 Å². The summed E-state index contributed by atoms with van der Waals surface area (Å²) in [4.78, 5) is 22.2. The lowest BCUT2D eigenvalue weighted by Crippen LogP contribution is -2.21. The lowest BCUT2D eigenvalue weighted by molar-refractivity contribution is -0.384. The Labute approximate surface area is 121 Å². The van der Waals surface area contributed by atoms with Gasteiger partial charge in [0.2, 0.25) is 5.91 Å². The zero-order chi connectivity index (χ0) is 14.7. The molecule has 0 aromatic heterocycles. The van der Waals surface area contributed by atoms with Crippen LogP contribution in [0.5, 0.6) is 0 Å². The highest BCUT2D eigenvalue weighted by Gasteiger charge is 2.23. The predicted molar refractivity (Wildman–Crippen MR) is 81.5 cm³/mol. The van der Waals surface area contributed by atoms with Crippen LogP contribution in [-0.2, 0) is 11.2 Å². The van der Waals surface area contributed by atoms with Gasteiger partial charge in [0.15, 0.2) is 0 Å². The summed E-state index contributed by atoms with van der Waals surface area (Å²) < 4.78 is 0. The maximum absolute atomic E-state index is 11.4. The quantitative estimate of drug-likeness (QED) is 0.644. The van der Waals surface area contributed by atoms with Crippen LogP contribution in [0.1, 0.15) is 18.9 Å². The molecule has 0 fully saturated rings. The molecule has 1 aromatic rings. The zero-order valence-corrected chi connectivity index (χ0v) is 12.3. The number of thioether (sulfide) groups is 1. The number of hydrogen-bond donors (Lipinski definition) is 2. The third-order valence-electron chi connectivity index (χ3n) is 3.13. The van der Waals surface area contributed by atoms with E-state index in [0.717, 1.165) is 11.3 Å². The number of nitro groups is 1. The van der Waals surface area contributed by atoms with E-state index >= 15 is 0 Å². The molecule has 1 atom stereocenters. The van der Waals surface area contributed by atoms with Gasteiger partial charge in [-0.05, 0) is 31.2 Å². The van der Waals surface area contributed by atoms with Gasteiger partial charge in [-0.25, -0.2) is 0 Å². The summed E-state index contributed by atoms with van der Waals surface area (Å²) in [7, 11) is 0. The number of nitrogens with one attached hydrogen (secondary N) is 2. The van der Waals surface area contributed by atoms with Gasteiger partial charge in [0, 0.05) is 30.0 Å². The Morgan fingerprint density at radius 1 is 1.50 bits per heavy atom. The Kier molecular flexibility index (Phi) is 4.49. The van der Waals surface area contributed by atoms with Crippen LogP contribution in [0.3, 0.4) is 0 Å². The second kappa shape index (κ2) is 6.13. The Hall–Kier alpha value is -1.76. The molecule has 1 heterocycles. The van der Waals surface area contributed by atoms with Gasteiger partial charge in [0.05, 0.1) is 4.92 Å².